The number of hydrogen-bond donors (Lipinski definition) is 5. The number of carboxylic acids is 1. The fraction of sp³-hybridized carbons (Fsp3) is 0.250. The summed E-state index contributed by atoms with van der Waals surface area (Å²) in [7, 11) is 0. The van der Waals surface area contributed by atoms with Crippen molar-refractivity contribution < 1.29 is 39.3 Å². The monoisotopic (exact) mass is 607 g/mol. The van der Waals surface area contributed by atoms with Gasteiger partial charge in [0.25, 0.3) is 23.4 Å². The second-order valence-corrected chi connectivity index (χ2v) is 11.1. The molecule has 0 aromatic carbocycles. The lowest BCUT2D eigenvalue weighted by molar-refractivity contribution is -0.148. The van der Waals surface area contributed by atoms with Crippen molar-refractivity contribution in [3.8, 4) is 0 Å². The summed E-state index contributed by atoms with van der Waals surface area (Å²) < 4.78 is 6.25. The van der Waals surface area contributed by atoms with Gasteiger partial charge in [0.2, 0.25) is 5.88 Å². The van der Waals surface area contributed by atoms with Crippen molar-refractivity contribution in [3.63, 3.8) is 0 Å². The molecule has 0 spiro atoms. The van der Waals surface area contributed by atoms with Gasteiger partial charge in [-0.1, -0.05) is 5.16 Å². The fourth-order valence-corrected chi connectivity index (χ4v) is 6.88. The molecular weight excluding hydrogens is 590 g/mol. The van der Waals surface area contributed by atoms with Crippen LogP contribution in [0.3, 0.4) is 0 Å². The Morgan fingerprint density at radius 2 is 2.08 bits per heavy atom. The number of aromatic carboxylic acids is 1. The summed E-state index contributed by atoms with van der Waals surface area (Å²) in [4.78, 5) is 61.6. The number of nitrogens with two attached hydrogens (primary N) is 1. The van der Waals surface area contributed by atoms with E-state index in [1.807, 2.05) is 0 Å². The van der Waals surface area contributed by atoms with Crippen molar-refractivity contribution in [2.24, 2.45) is 5.16 Å². The van der Waals surface area contributed by atoms with E-state index in [9.17, 15) is 34.6 Å². The number of carboxylic acid groups (broad SMARTS) is 2. The number of nitrogen functional groups attached to an aromatic ring is 1. The molecule has 40 heavy (non-hydrogen) atoms. The zero-order valence-electron chi connectivity index (χ0n) is 20.0. The van der Waals surface area contributed by atoms with Crippen LogP contribution in [0.15, 0.2) is 33.1 Å². The van der Waals surface area contributed by atoms with Crippen LogP contribution in [0.4, 0.5) is 9.93 Å². The van der Waals surface area contributed by atoms with Gasteiger partial charge >= 0.3 is 12.1 Å². The minimum Gasteiger partial charge on any atom is -0.475 e. The molecule has 0 saturated carbocycles. The number of anilines is 1. The number of carbonyl (C=O) groups excluding carboxylic acids is 2. The molecule has 5 heterocycles. The lowest BCUT2D eigenvalue weighted by Gasteiger charge is -2.49. The molecule has 17 nitrogen and oxygen atoms in total. The predicted octanol–water partition coefficient (Wildman–Crippen LogP) is 0.446. The van der Waals surface area contributed by atoms with Crippen LogP contribution in [0.2, 0.25) is 0 Å². The van der Waals surface area contributed by atoms with Gasteiger partial charge in [0.1, 0.15) is 22.1 Å². The molecule has 2 aliphatic rings. The Balaban J connectivity index is 1.35. The van der Waals surface area contributed by atoms with Crippen LogP contribution in [-0.2, 0) is 14.3 Å². The van der Waals surface area contributed by atoms with Crippen molar-refractivity contribution in [1.29, 1.82) is 0 Å². The number of oxime groups is 1. The Kier molecular flexibility index (Phi) is 7.21. The number of thiazole rings is 1. The second-order valence-electron chi connectivity index (χ2n) is 8.13. The molecule has 2 atom stereocenters. The third-order valence-electron chi connectivity index (χ3n) is 5.54. The van der Waals surface area contributed by atoms with E-state index < -0.39 is 46.9 Å². The first-order chi connectivity index (χ1) is 19.1. The van der Waals surface area contributed by atoms with Crippen molar-refractivity contribution in [2.75, 3.05) is 17.2 Å². The number of aryl methyl sites for hydroxylation is 1. The third-order valence-corrected chi connectivity index (χ3v) is 8.63. The normalized spacial score (nSPS) is 18.9. The number of aromatic nitrogens is 5. The number of rotatable bonds is 8. The lowest BCUT2D eigenvalue weighted by Crippen LogP contribution is -2.70. The molecule has 3 aromatic heterocycles. The van der Waals surface area contributed by atoms with E-state index in [0.717, 1.165) is 16.2 Å². The van der Waals surface area contributed by atoms with Crippen molar-refractivity contribution in [2.45, 2.75) is 23.4 Å². The average molecular weight is 608 g/mol. The molecule has 0 radical (unpaired) electrons. The van der Waals surface area contributed by atoms with E-state index in [-0.39, 0.29) is 34.0 Å². The third kappa shape index (κ3) is 4.98. The molecule has 0 bridgehead atoms. The molecule has 0 unspecified atom stereocenters. The van der Waals surface area contributed by atoms with E-state index in [2.05, 4.69) is 30.5 Å². The first kappa shape index (κ1) is 27.1. The molecule has 6 N–H and O–H groups in total. The molecule has 1 saturated heterocycles. The quantitative estimate of drug-likeness (QED) is 0.0443. The highest BCUT2D eigenvalue weighted by atomic mass is 32.2. The van der Waals surface area contributed by atoms with Crippen LogP contribution < -0.4 is 11.1 Å². The fourth-order valence-electron chi connectivity index (χ4n) is 3.84. The van der Waals surface area contributed by atoms with Gasteiger partial charge in [-0.05, 0) is 13.0 Å². The number of amides is 2. The maximum absolute atomic E-state index is 13.0. The number of β-lactam (4-membered cyclic amide) rings is 1. The minimum atomic E-state index is -1.64. The number of ether oxygens (including phenoxy) is 1. The Hall–Kier alpha value is -4.43. The van der Waals surface area contributed by atoms with E-state index in [1.54, 1.807) is 13.0 Å². The van der Waals surface area contributed by atoms with Gasteiger partial charge in [0.05, 0.1) is 0 Å². The highest BCUT2D eigenvalue weighted by Crippen LogP contribution is 2.42. The molecule has 2 amide bonds. The summed E-state index contributed by atoms with van der Waals surface area (Å²) in [6, 6.07) is 0.602. The highest BCUT2D eigenvalue weighted by molar-refractivity contribution is 8.01. The SMILES string of the molecule is Cc1cc(SCC2=C(OC(=O)O)N3C(=O)[C@@H](NC(=O)/C(=N\O)c4csc(N)n4)[C@H]3SC2)n2nc(C(=O)O)nc2n1. The summed E-state index contributed by atoms with van der Waals surface area (Å²) in [5.41, 5.74) is 6.17. The molecule has 208 valence electrons. The van der Waals surface area contributed by atoms with Crippen molar-refractivity contribution >= 4 is 75.4 Å². The highest BCUT2D eigenvalue weighted by Gasteiger charge is 2.54. The number of nitrogens with zero attached hydrogens (tertiary/aromatic N) is 7. The van der Waals surface area contributed by atoms with Crippen LogP contribution in [0, 0.1) is 6.92 Å². The lowest BCUT2D eigenvalue weighted by atomic mass is 10.1. The zero-order valence-corrected chi connectivity index (χ0v) is 22.5. The summed E-state index contributed by atoms with van der Waals surface area (Å²) in [5, 5.41) is 38.6. The van der Waals surface area contributed by atoms with Gasteiger partial charge < -0.3 is 31.2 Å². The van der Waals surface area contributed by atoms with Gasteiger partial charge in [-0.15, -0.1) is 40.0 Å². The van der Waals surface area contributed by atoms with Crippen LogP contribution >= 0.6 is 34.9 Å². The molecule has 2 aliphatic heterocycles. The summed E-state index contributed by atoms with van der Waals surface area (Å²) >= 11 is 3.48. The average Bonchev–Trinajstić information content (AvgIpc) is 3.52. The van der Waals surface area contributed by atoms with Crippen LogP contribution in [0.25, 0.3) is 5.78 Å². The Labute approximate surface area is 235 Å². The smallest absolute Gasteiger partial charge is 0.475 e. The summed E-state index contributed by atoms with van der Waals surface area (Å²) in [6.07, 6.45) is -1.64. The summed E-state index contributed by atoms with van der Waals surface area (Å²) in [5.74, 6) is -2.98. The molecule has 5 rings (SSSR count). The summed E-state index contributed by atoms with van der Waals surface area (Å²) in [6.45, 7) is 1.70. The van der Waals surface area contributed by atoms with Gasteiger partial charge in [0.15, 0.2) is 10.8 Å². The van der Waals surface area contributed by atoms with Gasteiger partial charge in [0, 0.05) is 28.2 Å². The number of fused-ring (bicyclic) bond motifs is 2. The molecule has 0 aliphatic carbocycles. The van der Waals surface area contributed by atoms with E-state index in [0.29, 0.717) is 16.3 Å². The van der Waals surface area contributed by atoms with E-state index >= 15 is 0 Å². The first-order valence-corrected chi connectivity index (χ1v) is 13.9. The molecular formula is C20H17N9O8S3. The van der Waals surface area contributed by atoms with Crippen molar-refractivity contribution in [1.82, 2.24) is 34.8 Å². The Bertz CT molecular complexity index is 1630. The zero-order chi connectivity index (χ0) is 28.7. The maximum Gasteiger partial charge on any atom is 0.512 e. The number of nitrogens with one attached hydrogen (secondary N) is 1. The number of thioether (sulfide) groups is 2. The maximum atomic E-state index is 13.0. The number of hydrogen-bond acceptors (Lipinski definition) is 15. The minimum absolute atomic E-state index is 0.0276. The van der Waals surface area contributed by atoms with Gasteiger partial charge in [-0.25, -0.2) is 19.6 Å². The Morgan fingerprint density at radius 3 is 2.73 bits per heavy atom. The topological polar surface area (TPSA) is 248 Å². The Morgan fingerprint density at radius 1 is 1.30 bits per heavy atom. The molecule has 1 fully saturated rings. The second kappa shape index (κ2) is 10.6. The molecule has 3 aromatic rings. The van der Waals surface area contributed by atoms with E-state index in [4.69, 9.17) is 10.5 Å². The number of carbonyl (C=O) groups is 4. The van der Waals surface area contributed by atoms with Gasteiger partial charge in [-0.2, -0.15) is 9.50 Å². The van der Waals surface area contributed by atoms with Crippen LogP contribution in [-0.4, -0.2) is 97.5 Å². The van der Waals surface area contributed by atoms with Crippen LogP contribution in [0.5, 0.6) is 0 Å². The van der Waals surface area contributed by atoms with Crippen LogP contribution in [0.1, 0.15) is 22.0 Å². The van der Waals surface area contributed by atoms with Crippen molar-refractivity contribution in [3.05, 3.63) is 40.1 Å². The standard InChI is InChI=1S/C20H17N9O8S3/c1-6-2-9(29-19(22-6)25-12(26-29)17(32)33)38-3-7-4-39-16-11(14(31)28(16)15(7)37-20(34)35)24-13(30)10(27-36)8-5-40-18(21)23-8/h2,5,11,16,36H,3-4H2,1H3,(H2,21,23)(H,24,30)(H,32,33)(H,34,35)/b27-10-/t11-,16-/m1/s1. The largest absolute Gasteiger partial charge is 0.512 e. The predicted molar refractivity (Wildman–Crippen MR) is 139 cm³/mol. The molecule has 20 heteroatoms. The van der Waals surface area contributed by atoms with Gasteiger partial charge in [-0.3, -0.25) is 14.5 Å². The first-order valence-electron chi connectivity index (χ1n) is 11.0. The van der Waals surface area contributed by atoms with E-state index in [1.165, 1.54) is 33.4 Å².